The molecule has 2 rings (SSSR count). The van der Waals surface area contributed by atoms with Crippen LogP contribution in [0.3, 0.4) is 0 Å². The fourth-order valence-corrected chi connectivity index (χ4v) is 4.37. The van der Waals surface area contributed by atoms with E-state index in [-0.39, 0.29) is 24.0 Å². The van der Waals surface area contributed by atoms with Crippen molar-refractivity contribution in [2.75, 3.05) is 19.3 Å². The topological polar surface area (TPSA) is 71.3 Å². The molecule has 6 nitrogen and oxygen atoms in total. The van der Waals surface area contributed by atoms with Crippen LogP contribution in [0, 0.1) is 0 Å². The lowest BCUT2D eigenvalue weighted by Gasteiger charge is -2.30. The highest BCUT2D eigenvalue weighted by Gasteiger charge is 2.25. The molecule has 0 bridgehead atoms. The Morgan fingerprint density at radius 1 is 1.46 bits per heavy atom. The molecule has 1 aromatic rings. The van der Waals surface area contributed by atoms with E-state index in [1.165, 1.54) is 0 Å². The van der Waals surface area contributed by atoms with Crippen molar-refractivity contribution in [2.24, 2.45) is 4.99 Å². The van der Waals surface area contributed by atoms with Gasteiger partial charge in [0.1, 0.15) is 0 Å². The monoisotopic (exact) mass is 467 g/mol. The molecule has 1 heterocycles. The molecular weight excluding hydrogens is 437 g/mol. The first kappa shape index (κ1) is 21.4. The minimum absolute atomic E-state index is 0. The van der Waals surface area contributed by atoms with Gasteiger partial charge in [-0.05, 0) is 25.7 Å². The van der Waals surface area contributed by atoms with Crippen LogP contribution in [0.25, 0.3) is 0 Å². The number of imidazole rings is 1. The smallest absolute Gasteiger partial charge is 0.191 e. The summed E-state index contributed by atoms with van der Waals surface area (Å²) in [5, 5.41) is 7.20. The van der Waals surface area contributed by atoms with Crippen LogP contribution in [-0.2, 0) is 17.3 Å². The molecule has 1 saturated carbocycles. The lowest BCUT2D eigenvalue weighted by Crippen LogP contribution is -2.46. The zero-order valence-corrected chi connectivity index (χ0v) is 17.8. The van der Waals surface area contributed by atoms with Gasteiger partial charge in [0.2, 0.25) is 0 Å². The largest absolute Gasteiger partial charge is 0.356 e. The van der Waals surface area contributed by atoms with Crippen molar-refractivity contribution >= 4 is 40.7 Å². The summed E-state index contributed by atoms with van der Waals surface area (Å²) in [6.45, 7) is 3.83. The highest BCUT2D eigenvalue weighted by atomic mass is 127. The number of halogens is 1. The second-order valence-corrected chi connectivity index (χ2v) is 7.96. The molecule has 138 valence electrons. The quantitative estimate of drug-likeness (QED) is 0.279. The van der Waals surface area contributed by atoms with Gasteiger partial charge in [0.05, 0.1) is 6.33 Å². The molecule has 0 radical (unpaired) electrons. The molecule has 0 aliphatic heterocycles. The Balaban J connectivity index is 0.00000288. The van der Waals surface area contributed by atoms with Crippen LogP contribution >= 0.6 is 24.0 Å². The third-order valence-electron chi connectivity index (χ3n) is 4.29. The first-order valence-electron chi connectivity index (χ1n) is 8.53. The van der Waals surface area contributed by atoms with Crippen LogP contribution in [0.15, 0.2) is 23.7 Å². The van der Waals surface area contributed by atoms with E-state index >= 15 is 0 Å². The summed E-state index contributed by atoms with van der Waals surface area (Å²) >= 11 is 0. The molecule has 24 heavy (non-hydrogen) atoms. The van der Waals surface area contributed by atoms with E-state index in [4.69, 9.17) is 0 Å². The summed E-state index contributed by atoms with van der Waals surface area (Å²) in [6, 6.07) is 0.379. The number of aromatic nitrogens is 2. The van der Waals surface area contributed by atoms with Gasteiger partial charge < -0.3 is 15.2 Å². The zero-order chi connectivity index (χ0) is 16.5. The van der Waals surface area contributed by atoms with Crippen molar-refractivity contribution in [3.05, 3.63) is 18.7 Å². The minimum Gasteiger partial charge on any atom is -0.356 e. The van der Waals surface area contributed by atoms with Gasteiger partial charge in [-0.15, -0.1) is 24.0 Å². The van der Waals surface area contributed by atoms with Gasteiger partial charge in [0.15, 0.2) is 5.96 Å². The maximum atomic E-state index is 12.0. The van der Waals surface area contributed by atoms with Crippen LogP contribution < -0.4 is 10.6 Å². The van der Waals surface area contributed by atoms with E-state index in [2.05, 4.69) is 25.2 Å². The van der Waals surface area contributed by atoms with Crippen molar-refractivity contribution in [1.29, 1.82) is 0 Å². The molecule has 1 aliphatic carbocycles. The SMILES string of the molecule is CCS(=O)C1CCCC(NC(=NC)NCCCn2ccnc2)C1.I. The highest BCUT2D eigenvalue weighted by Crippen LogP contribution is 2.22. The third kappa shape index (κ3) is 7.08. The normalized spacial score (nSPS) is 22.5. The Hall–Kier alpha value is -0.640. The Morgan fingerprint density at radius 3 is 2.96 bits per heavy atom. The fraction of sp³-hybridized carbons (Fsp3) is 0.750. The number of hydrogen-bond donors (Lipinski definition) is 2. The van der Waals surface area contributed by atoms with Crippen LogP contribution in [0.4, 0.5) is 0 Å². The Morgan fingerprint density at radius 2 is 2.29 bits per heavy atom. The Kier molecular flexibility index (Phi) is 10.6. The van der Waals surface area contributed by atoms with Crippen molar-refractivity contribution < 1.29 is 4.21 Å². The van der Waals surface area contributed by atoms with Crippen LogP contribution in [0.2, 0.25) is 0 Å². The van der Waals surface area contributed by atoms with Crippen molar-refractivity contribution in [1.82, 2.24) is 20.2 Å². The maximum absolute atomic E-state index is 12.0. The molecule has 2 N–H and O–H groups in total. The molecule has 3 atom stereocenters. The standard InChI is InChI=1S/C16H29N5OS.HI/c1-3-23(22)15-7-4-6-14(12-15)20-16(17-2)19-8-5-10-21-11-9-18-13-21;/h9,11,13-15H,3-8,10,12H2,1-2H3,(H2,17,19,20);1H. The molecule has 3 unspecified atom stereocenters. The van der Waals surface area contributed by atoms with Gasteiger partial charge in [0, 0.05) is 60.4 Å². The van der Waals surface area contributed by atoms with E-state index < -0.39 is 10.8 Å². The number of hydrogen-bond acceptors (Lipinski definition) is 3. The molecule has 1 fully saturated rings. The van der Waals surface area contributed by atoms with Gasteiger partial charge in [0.25, 0.3) is 0 Å². The van der Waals surface area contributed by atoms with Crippen molar-refractivity contribution in [2.45, 2.75) is 56.9 Å². The van der Waals surface area contributed by atoms with Gasteiger partial charge in [-0.3, -0.25) is 9.20 Å². The average molecular weight is 467 g/mol. The van der Waals surface area contributed by atoms with Crippen molar-refractivity contribution in [3.63, 3.8) is 0 Å². The van der Waals surface area contributed by atoms with Gasteiger partial charge in [-0.1, -0.05) is 13.3 Å². The first-order valence-corrected chi connectivity index (χ1v) is 9.91. The molecule has 0 spiro atoms. The van der Waals surface area contributed by atoms with Crippen LogP contribution in [0.1, 0.15) is 39.0 Å². The third-order valence-corrected chi connectivity index (χ3v) is 6.03. The summed E-state index contributed by atoms with van der Waals surface area (Å²) in [7, 11) is 1.12. The molecule has 1 aliphatic rings. The Labute approximate surface area is 164 Å². The number of rotatable bonds is 7. The first-order chi connectivity index (χ1) is 11.2. The lowest BCUT2D eigenvalue weighted by molar-refractivity contribution is 0.413. The van der Waals surface area contributed by atoms with E-state index in [0.717, 1.165) is 56.9 Å². The predicted octanol–water partition coefficient (Wildman–Crippen LogP) is 2.14. The van der Waals surface area contributed by atoms with E-state index in [0.29, 0.717) is 11.3 Å². The second-order valence-electron chi connectivity index (χ2n) is 5.95. The second kappa shape index (κ2) is 11.8. The fourth-order valence-electron chi connectivity index (χ4n) is 3.03. The molecular formula is C16H30IN5OS. The maximum Gasteiger partial charge on any atom is 0.191 e. The number of guanidine groups is 1. The summed E-state index contributed by atoms with van der Waals surface area (Å²) in [6.07, 6.45) is 11.0. The predicted molar refractivity (Wildman–Crippen MR) is 111 cm³/mol. The van der Waals surface area contributed by atoms with Gasteiger partial charge in [-0.25, -0.2) is 4.98 Å². The van der Waals surface area contributed by atoms with E-state index in [1.807, 2.05) is 19.4 Å². The average Bonchev–Trinajstić information content (AvgIpc) is 3.10. The van der Waals surface area contributed by atoms with E-state index in [9.17, 15) is 4.21 Å². The summed E-state index contributed by atoms with van der Waals surface area (Å²) in [5.41, 5.74) is 0. The number of aryl methyl sites for hydroxylation is 1. The number of aliphatic imine (C=N–C) groups is 1. The zero-order valence-electron chi connectivity index (χ0n) is 14.6. The molecule has 0 saturated heterocycles. The van der Waals surface area contributed by atoms with Gasteiger partial charge >= 0.3 is 0 Å². The van der Waals surface area contributed by atoms with Crippen LogP contribution in [-0.4, -0.2) is 50.4 Å². The highest BCUT2D eigenvalue weighted by molar-refractivity contribution is 14.0. The molecule has 1 aromatic heterocycles. The number of nitrogens with one attached hydrogen (secondary N) is 2. The minimum atomic E-state index is -0.684. The lowest BCUT2D eigenvalue weighted by atomic mass is 9.95. The van der Waals surface area contributed by atoms with Crippen molar-refractivity contribution in [3.8, 4) is 0 Å². The molecule has 8 heteroatoms. The van der Waals surface area contributed by atoms with Crippen LogP contribution in [0.5, 0.6) is 0 Å². The molecule has 0 aromatic carbocycles. The number of nitrogens with zero attached hydrogens (tertiary/aromatic N) is 3. The molecule has 0 amide bonds. The summed E-state index contributed by atoms with van der Waals surface area (Å²) < 4.78 is 14.1. The summed E-state index contributed by atoms with van der Waals surface area (Å²) in [4.78, 5) is 8.35. The summed E-state index contributed by atoms with van der Waals surface area (Å²) in [5.74, 6) is 1.61. The van der Waals surface area contributed by atoms with Gasteiger partial charge in [-0.2, -0.15) is 0 Å². The Bertz CT molecular complexity index is 509. The van der Waals surface area contributed by atoms with E-state index in [1.54, 1.807) is 13.2 Å².